The highest BCUT2D eigenvalue weighted by Crippen LogP contribution is 2.28. The van der Waals surface area contributed by atoms with Crippen molar-refractivity contribution in [1.29, 1.82) is 0 Å². The number of amides is 1. The third-order valence-electron chi connectivity index (χ3n) is 5.83. The van der Waals surface area contributed by atoms with Gasteiger partial charge in [0.05, 0.1) is 24.2 Å². The fourth-order valence-corrected chi connectivity index (χ4v) is 4.23. The molecule has 1 N–H and O–H groups in total. The number of halogens is 1. The molecule has 1 amide bonds. The lowest BCUT2D eigenvalue weighted by molar-refractivity contribution is -0.121. The highest BCUT2D eigenvalue weighted by Gasteiger charge is 2.12. The maximum absolute atomic E-state index is 13.9. The summed E-state index contributed by atoms with van der Waals surface area (Å²) in [6.45, 7) is 5.77. The number of fused-ring (bicyclic) bond motifs is 3. The van der Waals surface area contributed by atoms with Gasteiger partial charge in [-0.3, -0.25) is 9.59 Å². The van der Waals surface area contributed by atoms with Gasteiger partial charge in [0, 0.05) is 25.7 Å². The summed E-state index contributed by atoms with van der Waals surface area (Å²) in [6, 6.07) is 13.7. The third kappa shape index (κ3) is 5.48. The third-order valence-corrected chi connectivity index (χ3v) is 5.83. The molecule has 0 fully saturated rings. The normalized spacial score (nSPS) is 11.2. The Labute approximate surface area is 203 Å². The average Bonchev–Trinajstić information content (AvgIpc) is 3.33. The molecule has 0 aliphatic rings. The Hall–Kier alpha value is -3.81. The fraction of sp³-hybridized carbons (Fsp3) is 0.333. The molecule has 0 atom stereocenters. The first-order valence-electron chi connectivity index (χ1n) is 12.0. The lowest BCUT2D eigenvalue weighted by Gasteiger charge is -2.13. The number of ether oxygens (including phenoxy) is 2. The zero-order valence-electron chi connectivity index (χ0n) is 20.1. The van der Waals surface area contributed by atoms with Crippen LogP contribution in [-0.2, 0) is 17.8 Å². The number of benzene rings is 2. The lowest BCUT2D eigenvalue weighted by atomic mass is 10.1. The van der Waals surface area contributed by atoms with E-state index in [9.17, 15) is 14.0 Å². The molecule has 2 aromatic heterocycles. The predicted molar refractivity (Wildman–Crippen MR) is 134 cm³/mol. The van der Waals surface area contributed by atoms with Crippen LogP contribution in [0.25, 0.3) is 16.6 Å². The van der Waals surface area contributed by atoms with Gasteiger partial charge in [0.15, 0.2) is 11.5 Å². The van der Waals surface area contributed by atoms with Gasteiger partial charge in [-0.2, -0.15) is 0 Å². The number of rotatable bonds is 11. The molecule has 0 radical (unpaired) electrons. The van der Waals surface area contributed by atoms with Crippen molar-refractivity contribution < 1.29 is 18.7 Å². The van der Waals surface area contributed by atoms with E-state index in [0.29, 0.717) is 61.7 Å². The van der Waals surface area contributed by atoms with E-state index in [1.54, 1.807) is 33.4 Å². The SMILES string of the molecule is CCOc1ccc(CCNC(=O)CCCn2c(=O)c3cccn3c3ccc(F)cc32)cc1OCC. The van der Waals surface area contributed by atoms with Crippen LogP contribution >= 0.6 is 0 Å². The topological polar surface area (TPSA) is 74.0 Å². The Morgan fingerprint density at radius 1 is 0.971 bits per heavy atom. The molecule has 8 heteroatoms. The number of carbonyl (C=O) groups is 1. The van der Waals surface area contributed by atoms with Crippen LogP contribution in [0.3, 0.4) is 0 Å². The molecule has 184 valence electrons. The lowest BCUT2D eigenvalue weighted by Crippen LogP contribution is -2.27. The van der Waals surface area contributed by atoms with E-state index < -0.39 is 5.82 Å². The highest BCUT2D eigenvalue weighted by molar-refractivity contribution is 5.79. The number of hydrogen-bond acceptors (Lipinski definition) is 4. The van der Waals surface area contributed by atoms with E-state index in [0.717, 1.165) is 11.1 Å². The summed E-state index contributed by atoms with van der Waals surface area (Å²) < 4.78 is 28.5. The molecule has 0 aliphatic carbocycles. The molecule has 2 heterocycles. The van der Waals surface area contributed by atoms with Gasteiger partial charge in [-0.1, -0.05) is 6.07 Å². The fourth-order valence-electron chi connectivity index (χ4n) is 4.23. The van der Waals surface area contributed by atoms with Crippen LogP contribution in [0.15, 0.2) is 59.5 Å². The van der Waals surface area contributed by atoms with Gasteiger partial charge in [0.2, 0.25) is 5.91 Å². The molecule has 0 saturated heterocycles. The molecule has 35 heavy (non-hydrogen) atoms. The van der Waals surface area contributed by atoms with Crippen molar-refractivity contribution in [1.82, 2.24) is 14.3 Å². The van der Waals surface area contributed by atoms with E-state index in [4.69, 9.17) is 9.47 Å². The molecular weight excluding hydrogens is 449 g/mol. The standard InChI is InChI=1S/C27H30FN3O4/c1-3-34-24-12-9-19(17-25(24)35-4-2)13-14-29-26(32)8-6-16-31-23-18-20(28)10-11-21(23)30-15-5-7-22(30)27(31)33/h5,7,9-12,15,17-18H,3-4,6,8,13-14,16H2,1-2H3,(H,29,32). The van der Waals surface area contributed by atoms with Crippen LogP contribution in [0.4, 0.5) is 4.39 Å². The van der Waals surface area contributed by atoms with Crippen LogP contribution in [-0.4, -0.2) is 34.6 Å². The largest absolute Gasteiger partial charge is 0.490 e. The number of hydrogen-bond donors (Lipinski definition) is 1. The number of aromatic nitrogens is 2. The number of aryl methyl sites for hydroxylation is 1. The average molecular weight is 480 g/mol. The predicted octanol–water partition coefficient (Wildman–Crippen LogP) is 4.33. The van der Waals surface area contributed by atoms with Gasteiger partial charge in [-0.25, -0.2) is 4.39 Å². The zero-order chi connectivity index (χ0) is 24.8. The Kier molecular flexibility index (Phi) is 7.70. The first-order chi connectivity index (χ1) is 17.0. The van der Waals surface area contributed by atoms with Gasteiger partial charge in [0.25, 0.3) is 5.56 Å². The van der Waals surface area contributed by atoms with E-state index in [1.807, 2.05) is 32.0 Å². The molecule has 0 saturated carbocycles. The Balaban J connectivity index is 1.35. The molecular formula is C27H30FN3O4. The van der Waals surface area contributed by atoms with Gasteiger partial charge >= 0.3 is 0 Å². The van der Waals surface area contributed by atoms with Gasteiger partial charge < -0.3 is 23.8 Å². The molecule has 0 spiro atoms. The summed E-state index contributed by atoms with van der Waals surface area (Å²) in [6.07, 6.45) is 3.18. The monoisotopic (exact) mass is 479 g/mol. The quantitative estimate of drug-likeness (QED) is 0.348. The van der Waals surface area contributed by atoms with Gasteiger partial charge in [-0.15, -0.1) is 0 Å². The molecule has 2 aromatic carbocycles. The molecule has 4 rings (SSSR count). The van der Waals surface area contributed by atoms with Crippen LogP contribution in [0, 0.1) is 5.82 Å². The van der Waals surface area contributed by atoms with Crippen molar-refractivity contribution >= 4 is 22.5 Å². The first kappa shape index (κ1) is 24.3. The van der Waals surface area contributed by atoms with Crippen molar-refractivity contribution in [3.05, 3.63) is 76.5 Å². The maximum atomic E-state index is 13.9. The van der Waals surface area contributed by atoms with Crippen LogP contribution < -0.4 is 20.3 Å². The van der Waals surface area contributed by atoms with E-state index in [2.05, 4.69) is 5.32 Å². The molecule has 0 bridgehead atoms. The summed E-state index contributed by atoms with van der Waals surface area (Å²) in [4.78, 5) is 25.4. The minimum Gasteiger partial charge on any atom is -0.490 e. The smallest absolute Gasteiger partial charge is 0.275 e. The van der Waals surface area contributed by atoms with Crippen LogP contribution in [0.1, 0.15) is 32.3 Å². The van der Waals surface area contributed by atoms with Crippen molar-refractivity contribution in [2.75, 3.05) is 19.8 Å². The number of nitrogens with zero attached hydrogens (tertiary/aromatic N) is 2. The summed E-state index contributed by atoms with van der Waals surface area (Å²) in [5.74, 6) is 0.917. The van der Waals surface area contributed by atoms with E-state index >= 15 is 0 Å². The minimum atomic E-state index is -0.406. The van der Waals surface area contributed by atoms with Crippen molar-refractivity contribution in [3.8, 4) is 11.5 Å². The Morgan fingerprint density at radius 2 is 1.77 bits per heavy atom. The Morgan fingerprint density at radius 3 is 2.57 bits per heavy atom. The highest BCUT2D eigenvalue weighted by atomic mass is 19.1. The van der Waals surface area contributed by atoms with Gasteiger partial charge in [0.1, 0.15) is 11.3 Å². The van der Waals surface area contributed by atoms with Crippen molar-refractivity contribution in [2.45, 2.75) is 39.7 Å². The van der Waals surface area contributed by atoms with Crippen LogP contribution in [0.5, 0.6) is 11.5 Å². The zero-order valence-corrected chi connectivity index (χ0v) is 20.1. The van der Waals surface area contributed by atoms with E-state index in [1.165, 1.54) is 12.1 Å². The summed E-state index contributed by atoms with van der Waals surface area (Å²) in [5.41, 5.74) is 2.62. The Bertz CT molecular complexity index is 1390. The molecule has 0 unspecified atom stereocenters. The first-order valence-corrected chi connectivity index (χ1v) is 12.0. The van der Waals surface area contributed by atoms with Crippen LogP contribution in [0.2, 0.25) is 0 Å². The maximum Gasteiger partial charge on any atom is 0.275 e. The second-order valence-corrected chi connectivity index (χ2v) is 8.20. The number of nitrogens with one attached hydrogen (secondary N) is 1. The minimum absolute atomic E-state index is 0.0896. The van der Waals surface area contributed by atoms with Gasteiger partial charge in [-0.05, 0) is 74.7 Å². The molecule has 4 aromatic rings. The van der Waals surface area contributed by atoms with E-state index in [-0.39, 0.29) is 17.9 Å². The summed E-state index contributed by atoms with van der Waals surface area (Å²) in [5, 5.41) is 2.93. The summed E-state index contributed by atoms with van der Waals surface area (Å²) >= 11 is 0. The number of carbonyl (C=O) groups excluding carboxylic acids is 1. The molecule has 0 aliphatic heterocycles. The van der Waals surface area contributed by atoms with Crippen molar-refractivity contribution in [2.24, 2.45) is 0 Å². The van der Waals surface area contributed by atoms with Crippen molar-refractivity contribution in [3.63, 3.8) is 0 Å². The summed E-state index contributed by atoms with van der Waals surface area (Å²) in [7, 11) is 0. The second kappa shape index (κ2) is 11.1. The molecule has 7 nitrogen and oxygen atoms in total. The second-order valence-electron chi connectivity index (χ2n) is 8.20.